The Morgan fingerprint density at radius 2 is 1.91 bits per heavy atom. The molecule has 0 aliphatic heterocycles. The Balaban J connectivity index is 1.64. The number of nitrogens with one attached hydrogen (secondary N) is 1. The highest BCUT2D eigenvalue weighted by atomic mass is 32.1. The summed E-state index contributed by atoms with van der Waals surface area (Å²) in [6, 6.07) is 5.84. The van der Waals surface area contributed by atoms with Crippen molar-refractivity contribution in [1.29, 1.82) is 0 Å². The molecular weight excluding hydrogens is 442 g/mol. The minimum Gasteiger partial charge on any atom is -0.309 e. The summed E-state index contributed by atoms with van der Waals surface area (Å²) in [5.74, 6) is 0.316. The number of hydrogen-bond donors (Lipinski definition) is 1. The molecule has 0 spiro atoms. The highest BCUT2D eigenvalue weighted by Gasteiger charge is 2.26. The Hall–Kier alpha value is -2.78. The summed E-state index contributed by atoms with van der Waals surface area (Å²) in [6.45, 7) is 12.2. The maximum atomic E-state index is 13.2. The first-order valence-electron chi connectivity index (χ1n) is 10.4. The average molecular weight is 470 g/mol. The molecule has 4 aromatic rings. The molecule has 0 aliphatic carbocycles. The standard InChI is InChI=1S/C23H27N5O2S2/c1-22(2,3)16-10-17(28(26-16)23(4,5)6)25-18(29)11-27-13-24-20-19(21(27)30)14(12-32-20)15-8-7-9-31-15/h7-10,12-13H,11H2,1-6H3,(H,25,29). The Kier molecular flexibility index (Phi) is 5.58. The zero-order valence-electron chi connectivity index (χ0n) is 19.1. The summed E-state index contributed by atoms with van der Waals surface area (Å²) in [7, 11) is 0. The third-order valence-electron chi connectivity index (χ3n) is 5.04. The largest absolute Gasteiger partial charge is 0.309 e. The van der Waals surface area contributed by atoms with Crippen molar-refractivity contribution in [3.8, 4) is 10.4 Å². The Morgan fingerprint density at radius 3 is 2.53 bits per heavy atom. The van der Waals surface area contributed by atoms with Gasteiger partial charge in [-0.05, 0) is 32.2 Å². The van der Waals surface area contributed by atoms with Crippen LogP contribution in [0.1, 0.15) is 47.2 Å². The maximum Gasteiger partial charge on any atom is 0.263 e. The normalized spacial score (nSPS) is 12.4. The van der Waals surface area contributed by atoms with Crippen LogP contribution in [-0.4, -0.2) is 25.2 Å². The summed E-state index contributed by atoms with van der Waals surface area (Å²) in [6.07, 6.45) is 1.45. The van der Waals surface area contributed by atoms with Gasteiger partial charge in [0.15, 0.2) is 0 Å². The van der Waals surface area contributed by atoms with Gasteiger partial charge in [-0.3, -0.25) is 14.2 Å². The minimum atomic E-state index is -0.310. The molecule has 0 fully saturated rings. The van der Waals surface area contributed by atoms with Crippen molar-refractivity contribution in [2.24, 2.45) is 0 Å². The van der Waals surface area contributed by atoms with Gasteiger partial charge in [0, 0.05) is 27.3 Å². The number of amides is 1. The second-order valence-corrected chi connectivity index (χ2v) is 11.6. The molecule has 4 rings (SSSR count). The van der Waals surface area contributed by atoms with Crippen molar-refractivity contribution in [1.82, 2.24) is 19.3 Å². The van der Waals surface area contributed by atoms with Gasteiger partial charge in [-0.1, -0.05) is 26.8 Å². The summed E-state index contributed by atoms with van der Waals surface area (Å²) in [5, 5.41) is 12.2. The van der Waals surface area contributed by atoms with Gasteiger partial charge >= 0.3 is 0 Å². The third-order valence-corrected chi connectivity index (χ3v) is 6.83. The molecule has 4 aromatic heterocycles. The first kappa shape index (κ1) is 22.4. The second kappa shape index (κ2) is 7.97. The van der Waals surface area contributed by atoms with Gasteiger partial charge in [0.1, 0.15) is 17.2 Å². The minimum absolute atomic E-state index is 0.123. The van der Waals surface area contributed by atoms with Crippen molar-refractivity contribution >= 4 is 44.6 Å². The van der Waals surface area contributed by atoms with E-state index < -0.39 is 0 Å². The van der Waals surface area contributed by atoms with E-state index in [-0.39, 0.29) is 29.0 Å². The van der Waals surface area contributed by atoms with Crippen LogP contribution in [0.15, 0.2) is 40.1 Å². The Morgan fingerprint density at radius 1 is 1.16 bits per heavy atom. The summed E-state index contributed by atoms with van der Waals surface area (Å²) < 4.78 is 3.19. The molecule has 168 valence electrons. The first-order valence-corrected chi connectivity index (χ1v) is 12.1. The van der Waals surface area contributed by atoms with E-state index in [0.717, 1.165) is 16.1 Å². The lowest BCUT2D eigenvalue weighted by Gasteiger charge is -2.23. The summed E-state index contributed by atoms with van der Waals surface area (Å²) in [5.41, 5.74) is 1.08. The molecule has 7 nitrogen and oxygen atoms in total. The quantitative estimate of drug-likeness (QED) is 0.452. The number of anilines is 1. The van der Waals surface area contributed by atoms with Crippen LogP contribution in [0, 0.1) is 0 Å². The Labute approximate surface area is 194 Å². The fourth-order valence-electron chi connectivity index (χ4n) is 3.38. The van der Waals surface area contributed by atoms with E-state index in [0.29, 0.717) is 16.0 Å². The van der Waals surface area contributed by atoms with Crippen molar-refractivity contribution < 1.29 is 4.79 Å². The number of carbonyl (C=O) groups is 1. The van der Waals surface area contributed by atoms with E-state index in [1.807, 2.05) is 54.4 Å². The van der Waals surface area contributed by atoms with Crippen molar-refractivity contribution in [3.05, 3.63) is 51.3 Å². The third kappa shape index (κ3) is 4.27. The van der Waals surface area contributed by atoms with Crippen molar-refractivity contribution in [3.63, 3.8) is 0 Å². The number of fused-ring (bicyclic) bond motifs is 1. The number of nitrogens with zero attached hydrogens (tertiary/aromatic N) is 4. The van der Waals surface area contributed by atoms with Crippen molar-refractivity contribution in [2.45, 2.75) is 59.0 Å². The molecule has 9 heteroatoms. The van der Waals surface area contributed by atoms with Gasteiger partial charge < -0.3 is 5.32 Å². The lowest BCUT2D eigenvalue weighted by atomic mass is 9.92. The number of hydrogen-bond acceptors (Lipinski definition) is 6. The van der Waals surface area contributed by atoms with E-state index in [9.17, 15) is 9.59 Å². The molecular formula is C23H27N5O2S2. The highest BCUT2D eigenvalue weighted by molar-refractivity contribution is 7.18. The van der Waals surface area contributed by atoms with Crippen LogP contribution in [0.5, 0.6) is 0 Å². The van der Waals surface area contributed by atoms with Crippen molar-refractivity contribution in [2.75, 3.05) is 5.32 Å². The van der Waals surface area contributed by atoms with Gasteiger partial charge in [-0.15, -0.1) is 22.7 Å². The number of aromatic nitrogens is 4. The van der Waals surface area contributed by atoms with E-state index in [4.69, 9.17) is 5.10 Å². The SMILES string of the molecule is CC(C)(C)c1cc(NC(=O)Cn2cnc3scc(-c4cccs4)c3c2=O)n(C(C)(C)C)n1. The molecule has 0 bridgehead atoms. The van der Waals surface area contributed by atoms with Crippen LogP contribution in [0.2, 0.25) is 0 Å². The lowest BCUT2D eigenvalue weighted by Crippen LogP contribution is -2.30. The van der Waals surface area contributed by atoms with Crippen LogP contribution in [0.4, 0.5) is 5.82 Å². The van der Waals surface area contributed by atoms with Crippen LogP contribution in [0.25, 0.3) is 20.7 Å². The molecule has 1 amide bonds. The van der Waals surface area contributed by atoms with Gasteiger partial charge in [0.25, 0.3) is 5.56 Å². The first-order chi connectivity index (χ1) is 14.9. The number of rotatable bonds is 4. The number of thiophene rings is 2. The summed E-state index contributed by atoms with van der Waals surface area (Å²) >= 11 is 3.01. The monoisotopic (exact) mass is 469 g/mol. The van der Waals surface area contributed by atoms with Gasteiger partial charge in [-0.25, -0.2) is 9.67 Å². The van der Waals surface area contributed by atoms with E-state index in [1.54, 1.807) is 11.3 Å². The zero-order valence-corrected chi connectivity index (χ0v) is 20.7. The molecule has 0 aliphatic rings. The lowest BCUT2D eigenvalue weighted by molar-refractivity contribution is -0.116. The molecule has 0 saturated heterocycles. The molecule has 1 N–H and O–H groups in total. The molecule has 4 heterocycles. The molecule has 0 aromatic carbocycles. The van der Waals surface area contributed by atoms with Crippen LogP contribution >= 0.6 is 22.7 Å². The zero-order chi connectivity index (χ0) is 23.3. The van der Waals surface area contributed by atoms with Gasteiger partial charge in [0.05, 0.1) is 22.9 Å². The average Bonchev–Trinajstić information content (AvgIpc) is 3.40. The predicted molar refractivity (Wildman–Crippen MR) is 132 cm³/mol. The fourth-order valence-corrected chi connectivity index (χ4v) is 5.10. The van der Waals surface area contributed by atoms with Crippen LogP contribution < -0.4 is 10.9 Å². The molecule has 0 radical (unpaired) electrons. The highest BCUT2D eigenvalue weighted by Crippen LogP contribution is 2.33. The number of carbonyl (C=O) groups excluding carboxylic acids is 1. The van der Waals surface area contributed by atoms with Crippen LogP contribution in [-0.2, 0) is 22.3 Å². The van der Waals surface area contributed by atoms with Gasteiger partial charge in [-0.2, -0.15) is 5.10 Å². The smallest absolute Gasteiger partial charge is 0.263 e. The maximum absolute atomic E-state index is 13.2. The van der Waals surface area contributed by atoms with Crippen LogP contribution in [0.3, 0.4) is 0 Å². The van der Waals surface area contributed by atoms with Gasteiger partial charge in [0.2, 0.25) is 5.91 Å². The van der Waals surface area contributed by atoms with E-state index in [1.165, 1.54) is 22.2 Å². The second-order valence-electron chi connectivity index (χ2n) is 9.78. The summed E-state index contributed by atoms with van der Waals surface area (Å²) in [4.78, 5) is 32.2. The molecule has 32 heavy (non-hydrogen) atoms. The molecule has 0 unspecified atom stereocenters. The fraction of sp³-hybridized carbons (Fsp3) is 0.391. The molecule has 0 saturated carbocycles. The van der Waals surface area contributed by atoms with E-state index in [2.05, 4.69) is 31.1 Å². The molecule has 0 atom stereocenters. The van der Waals surface area contributed by atoms with E-state index >= 15 is 0 Å². The predicted octanol–water partition coefficient (Wildman–Crippen LogP) is 5.07. The Bertz CT molecular complexity index is 1330. The topological polar surface area (TPSA) is 81.8 Å².